The molecule has 1 heterocycles. The third kappa shape index (κ3) is 2.30. The molecule has 4 heteroatoms. The summed E-state index contributed by atoms with van der Waals surface area (Å²) in [7, 11) is 0. The van der Waals surface area contributed by atoms with Crippen molar-refractivity contribution in [3.05, 3.63) is 59.2 Å². The molecular formula is C13H13N3O. The minimum atomic E-state index is 0.444. The summed E-state index contributed by atoms with van der Waals surface area (Å²) in [6.45, 7) is 3.70. The van der Waals surface area contributed by atoms with Crippen LogP contribution >= 0.6 is 0 Å². The molecule has 4 nitrogen and oxygen atoms in total. The molecule has 0 atom stereocenters. The van der Waals surface area contributed by atoms with Crippen LogP contribution in [0, 0.1) is 13.8 Å². The van der Waals surface area contributed by atoms with Gasteiger partial charge in [-0.15, -0.1) is 0 Å². The Bertz CT molecular complexity index is 550. The Morgan fingerprint density at radius 3 is 2.53 bits per heavy atom. The summed E-state index contributed by atoms with van der Waals surface area (Å²) in [6.07, 6.45) is 1.69. The van der Waals surface area contributed by atoms with Gasteiger partial charge in [-0.05, 0) is 13.8 Å². The summed E-state index contributed by atoms with van der Waals surface area (Å²) in [5, 5.41) is 12.5. The van der Waals surface area contributed by atoms with Crippen LogP contribution in [0.3, 0.4) is 0 Å². The molecule has 0 aliphatic heterocycles. The quantitative estimate of drug-likeness (QED) is 0.486. The Kier molecular flexibility index (Phi) is 3.14. The fraction of sp³-hybridized carbons (Fsp3) is 0.154. The Morgan fingerprint density at radius 2 is 1.88 bits per heavy atom. The zero-order valence-electron chi connectivity index (χ0n) is 9.75. The maximum Gasteiger partial charge on any atom is 0.137 e. The molecule has 0 spiro atoms. The number of hydrogen-bond acceptors (Lipinski definition) is 4. The molecule has 0 unspecified atom stereocenters. The standard InChI is InChI=1S/C13H13N3O/c1-9-8-14-10(2)12(15-9)13(16-17)11-6-4-3-5-7-11/h3-8,17H,1-2H3/b16-13+. The summed E-state index contributed by atoms with van der Waals surface area (Å²) in [5.41, 5.74) is 3.41. The van der Waals surface area contributed by atoms with Crippen molar-refractivity contribution in [2.75, 3.05) is 0 Å². The van der Waals surface area contributed by atoms with Crippen LogP contribution in [0.1, 0.15) is 22.6 Å². The van der Waals surface area contributed by atoms with Crippen molar-refractivity contribution in [3.8, 4) is 0 Å². The van der Waals surface area contributed by atoms with E-state index in [0.717, 1.165) is 17.0 Å². The van der Waals surface area contributed by atoms with Crippen LogP contribution in [-0.4, -0.2) is 20.9 Å². The van der Waals surface area contributed by atoms with Gasteiger partial charge in [-0.2, -0.15) is 0 Å². The fourth-order valence-electron chi connectivity index (χ4n) is 1.60. The highest BCUT2D eigenvalue weighted by molar-refractivity contribution is 6.11. The van der Waals surface area contributed by atoms with Gasteiger partial charge in [0.15, 0.2) is 0 Å². The number of hydrogen-bond donors (Lipinski definition) is 1. The lowest BCUT2D eigenvalue weighted by atomic mass is 10.1. The first kappa shape index (κ1) is 11.3. The molecule has 0 amide bonds. The monoisotopic (exact) mass is 227 g/mol. The number of aromatic nitrogens is 2. The van der Waals surface area contributed by atoms with Gasteiger partial charge in [0, 0.05) is 11.8 Å². The largest absolute Gasteiger partial charge is 0.410 e. The molecule has 0 bridgehead atoms. The van der Waals surface area contributed by atoms with Crippen LogP contribution in [-0.2, 0) is 0 Å². The van der Waals surface area contributed by atoms with E-state index in [1.165, 1.54) is 0 Å². The lowest BCUT2D eigenvalue weighted by Crippen LogP contribution is -2.10. The molecule has 0 aliphatic rings. The number of oxime groups is 1. The smallest absolute Gasteiger partial charge is 0.137 e. The van der Waals surface area contributed by atoms with Gasteiger partial charge in [0.25, 0.3) is 0 Å². The van der Waals surface area contributed by atoms with Crippen molar-refractivity contribution in [2.24, 2.45) is 5.16 Å². The highest BCUT2D eigenvalue weighted by Crippen LogP contribution is 2.11. The van der Waals surface area contributed by atoms with Gasteiger partial charge in [0.05, 0.1) is 11.4 Å². The second kappa shape index (κ2) is 4.74. The molecule has 0 saturated carbocycles. The van der Waals surface area contributed by atoms with Crippen LogP contribution < -0.4 is 0 Å². The number of aryl methyl sites for hydroxylation is 2. The molecule has 1 aromatic carbocycles. The molecule has 0 fully saturated rings. The Morgan fingerprint density at radius 1 is 1.18 bits per heavy atom. The van der Waals surface area contributed by atoms with Crippen molar-refractivity contribution in [1.82, 2.24) is 9.97 Å². The van der Waals surface area contributed by atoms with E-state index in [4.69, 9.17) is 5.21 Å². The lowest BCUT2D eigenvalue weighted by molar-refractivity contribution is 0.319. The molecule has 1 aromatic heterocycles. The zero-order chi connectivity index (χ0) is 12.3. The third-order valence-corrected chi connectivity index (χ3v) is 2.45. The highest BCUT2D eigenvalue weighted by Gasteiger charge is 2.12. The first-order valence-electron chi connectivity index (χ1n) is 5.30. The van der Waals surface area contributed by atoms with Crippen molar-refractivity contribution in [3.63, 3.8) is 0 Å². The summed E-state index contributed by atoms with van der Waals surface area (Å²) in [6, 6.07) is 9.43. The van der Waals surface area contributed by atoms with E-state index in [1.54, 1.807) is 6.20 Å². The van der Waals surface area contributed by atoms with Gasteiger partial charge in [-0.1, -0.05) is 35.5 Å². The lowest BCUT2D eigenvalue weighted by Gasteiger charge is -2.07. The van der Waals surface area contributed by atoms with Crippen LogP contribution in [0.25, 0.3) is 0 Å². The number of rotatable bonds is 2. The van der Waals surface area contributed by atoms with Crippen molar-refractivity contribution in [1.29, 1.82) is 0 Å². The van der Waals surface area contributed by atoms with Gasteiger partial charge in [-0.25, -0.2) is 4.98 Å². The average molecular weight is 227 g/mol. The Labute approximate surface area is 99.7 Å². The normalized spacial score (nSPS) is 11.5. The predicted octanol–water partition coefficient (Wildman–Crippen LogP) is 2.32. The van der Waals surface area contributed by atoms with E-state index in [-0.39, 0.29) is 0 Å². The van der Waals surface area contributed by atoms with E-state index in [1.807, 2.05) is 44.2 Å². The van der Waals surface area contributed by atoms with Crippen molar-refractivity contribution >= 4 is 5.71 Å². The average Bonchev–Trinajstić information content (AvgIpc) is 2.36. The predicted molar refractivity (Wildman–Crippen MR) is 65.4 cm³/mol. The summed E-state index contributed by atoms with van der Waals surface area (Å²) in [5.74, 6) is 0. The van der Waals surface area contributed by atoms with Gasteiger partial charge >= 0.3 is 0 Å². The first-order chi connectivity index (χ1) is 8.22. The Balaban J connectivity index is 2.54. The van der Waals surface area contributed by atoms with Crippen LogP contribution in [0.5, 0.6) is 0 Å². The molecule has 2 aromatic rings. The van der Waals surface area contributed by atoms with E-state index < -0.39 is 0 Å². The summed E-state index contributed by atoms with van der Waals surface area (Å²) >= 11 is 0. The minimum Gasteiger partial charge on any atom is -0.410 e. The molecule has 0 radical (unpaired) electrons. The second-order valence-electron chi connectivity index (χ2n) is 3.76. The Hall–Kier alpha value is -2.23. The molecule has 1 N–H and O–H groups in total. The highest BCUT2D eigenvalue weighted by atomic mass is 16.4. The van der Waals surface area contributed by atoms with Gasteiger partial charge < -0.3 is 5.21 Å². The maximum atomic E-state index is 9.17. The van der Waals surface area contributed by atoms with Crippen LogP contribution in [0.2, 0.25) is 0 Å². The second-order valence-corrected chi connectivity index (χ2v) is 3.76. The fourth-order valence-corrected chi connectivity index (χ4v) is 1.60. The van der Waals surface area contributed by atoms with E-state index in [9.17, 15) is 0 Å². The number of nitrogens with zero attached hydrogens (tertiary/aromatic N) is 3. The molecule has 0 aliphatic carbocycles. The van der Waals surface area contributed by atoms with E-state index in [0.29, 0.717) is 11.4 Å². The molecular weight excluding hydrogens is 214 g/mol. The van der Waals surface area contributed by atoms with E-state index in [2.05, 4.69) is 15.1 Å². The van der Waals surface area contributed by atoms with Crippen molar-refractivity contribution < 1.29 is 5.21 Å². The zero-order valence-corrected chi connectivity index (χ0v) is 9.75. The summed E-state index contributed by atoms with van der Waals surface area (Å²) < 4.78 is 0. The summed E-state index contributed by atoms with van der Waals surface area (Å²) in [4.78, 5) is 8.59. The van der Waals surface area contributed by atoms with Gasteiger partial charge in [-0.3, -0.25) is 4.98 Å². The topological polar surface area (TPSA) is 58.4 Å². The third-order valence-electron chi connectivity index (χ3n) is 2.45. The van der Waals surface area contributed by atoms with Gasteiger partial charge in [0.1, 0.15) is 11.4 Å². The molecule has 2 rings (SSSR count). The van der Waals surface area contributed by atoms with Gasteiger partial charge in [0.2, 0.25) is 0 Å². The van der Waals surface area contributed by atoms with Crippen LogP contribution in [0.15, 0.2) is 41.7 Å². The first-order valence-corrected chi connectivity index (χ1v) is 5.30. The van der Waals surface area contributed by atoms with Crippen molar-refractivity contribution in [2.45, 2.75) is 13.8 Å². The molecule has 86 valence electrons. The SMILES string of the molecule is Cc1cnc(C)c(/C(=N/O)c2ccccc2)n1. The maximum absolute atomic E-state index is 9.17. The van der Waals surface area contributed by atoms with Crippen LogP contribution in [0.4, 0.5) is 0 Å². The molecule has 0 saturated heterocycles. The number of benzene rings is 1. The molecule has 17 heavy (non-hydrogen) atoms. The van der Waals surface area contributed by atoms with E-state index >= 15 is 0 Å². The minimum absolute atomic E-state index is 0.444.